The minimum absolute atomic E-state index is 0.0770. The summed E-state index contributed by atoms with van der Waals surface area (Å²) in [7, 11) is 1.64. The summed E-state index contributed by atoms with van der Waals surface area (Å²) in [5.41, 5.74) is 0. The molecule has 1 saturated heterocycles. The SMILES string of the molecule is CCN(CC(=O)O)C1CCN(C(=O)CCSc2ccc(OC)cc2)CC1. The Morgan fingerprint density at radius 2 is 1.92 bits per heavy atom. The zero-order valence-corrected chi connectivity index (χ0v) is 16.3. The molecule has 0 spiro atoms. The molecule has 1 heterocycles. The van der Waals surface area contributed by atoms with E-state index in [9.17, 15) is 9.59 Å². The van der Waals surface area contributed by atoms with Crippen LogP contribution in [0.4, 0.5) is 0 Å². The number of thioether (sulfide) groups is 1. The highest BCUT2D eigenvalue weighted by molar-refractivity contribution is 7.99. The van der Waals surface area contributed by atoms with E-state index in [-0.39, 0.29) is 18.5 Å². The fraction of sp³-hybridized carbons (Fsp3) is 0.579. The number of piperidine rings is 1. The number of rotatable bonds is 9. The van der Waals surface area contributed by atoms with E-state index in [0.29, 0.717) is 19.5 Å². The first-order valence-electron chi connectivity index (χ1n) is 9.04. The first-order chi connectivity index (χ1) is 12.5. The molecule has 0 bridgehead atoms. The number of hydrogen-bond donors (Lipinski definition) is 1. The van der Waals surface area contributed by atoms with Crippen LogP contribution in [0.2, 0.25) is 0 Å². The van der Waals surface area contributed by atoms with Crippen LogP contribution in [0.1, 0.15) is 26.2 Å². The van der Waals surface area contributed by atoms with Crippen molar-refractivity contribution in [3.05, 3.63) is 24.3 Å². The van der Waals surface area contributed by atoms with Crippen LogP contribution in [0.25, 0.3) is 0 Å². The predicted octanol–water partition coefficient (Wildman–Crippen LogP) is 2.57. The molecule has 1 aliphatic rings. The topological polar surface area (TPSA) is 70.1 Å². The Morgan fingerprint density at radius 3 is 2.46 bits per heavy atom. The molecule has 2 rings (SSSR count). The normalized spacial score (nSPS) is 15.3. The molecule has 0 unspecified atom stereocenters. The lowest BCUT2D eigenvalue weighted by Gasteiger charge is -2.37. The minimum atomic E-state index is -0.791. The monoisotopic (exact) mass is 380 g/mol. The van der Waals surface area contributed by atoms with Crippen LogP contribution in [0.3, 0.4) is 0 Å². The molecule has 6 nitrogen and oxygen atoms in total. The van der Waals surface area contributed by atoms with Gasteiger partial charge in [-0.1, -0.05) is 6.92 Å². The van der Waals surface area contributed by atoms with E-state index in [4.69, 9.17) is 9.84 Å². The second kappa shape index (κ2) is 10.4. The molecule has 0 aliphatic carbocycles. The van der Waals surface area contributed by atoms with Crippen molar-refractivity contribution in [1.29, 1.82) is 0 Å². The van der Waals surface area contributed by atoms with Crippen molar-refractivity contribution < 1.29 is 19.4 Å². The van der Waals surface area contributed by atoms with E-state index in [1.54, 1.807) is 18.9 Å². The highest BCUT2D eigenvalue weighted by Gasteiger charge is 2.26. The standard InChI is InChI=1S/C19H28N2O4S/c1-3-20(14-19(23)24)15-8-11-21(12-9-15)18(22)10-13-26-17-6-4-16(25-2)5-7-17/h4-7,15H,3,8-14H2,1-2H3,(H,23,24). The minimum Gasteiger partial charge on any atom is -0.497 e. The number of benzene rings is 1. The van der Waals surface area contributed by atoms with Crippen LogP contribution in [0, 0.1) is 0 Å². The van der Waals surface area contributed by atoms with Gasteiger partial charge in [0.2, 0.25) is 5.91 Å². The van der Waals surface area contributed by atoms with Gasteiger partial charge in [-0.2, -0.15) is 0 Å². The van der Waals surface area contributed by atoms with E-state index in [2.05, 4.69) is 0 Å². The highest BCUT2D eigenvalue weighted by atomic mass is 32.2. The predicted molar refractivity (Wildman–Crippen MR) is 103 cm³/mol. The van der Waals surface area contributed by atoms with Crippen molar-refractivity contribution in [2.45, 2.75) is 37.1 Å². The van der Waals surface area contributed by atoms with Gasteiger partial charge in [0, 0.05) is 36.2 Å². The van der Waals surface area contributed by atoms with Crippen LogP contribution in [-0.4, -0.2) is 71.9 Å². The fourth-order valence-corrected chi connectivity index (χ4v) is 4.08. The van der Waals surface area contributed by atoms with Crippen molar-refractivity contribution in [2.24, 2.45) is 0 Å². The second-order valence-corrected chi connectivity index (χ2v) is 7.51. The summed E-state index contributed by atoms with van der Waals surface area (Å²) in [5, 5.41) is 8.99. The summed E-state index contributed by atoms with van der Waals surface area (Å²) in [6.45, 7) is 4.22. The van der Waals surface area contributed by atoms with Gasteiger partial charge in [-0.3, -0.25) is 14.5 Å². The molecule has 144 valence electrons. The van der Waals surface area contributed by atoms with Crippen LogP contribution >= 0.6 is 11.8 Å². The molecule has 0 aromatic heterocycles. The lowest BCUT2D eigenvalue weighted by atomic mass is 10.0. The van der Waals surface area contributed by atoms with Crippen LogP contribution in [0.5, 0.6) is 5.75 Å². The van der Waals surface area contributed by atoms with Crippen molar-refractivity contribution >= 4 is 23.6 Å². The average Bonchev–Trinajstić information content (AvgIpc) is 2.66. The van der Waals surface area contributed by atoms with Gasteiger partial charge >= 0.3 is 5.97 Å². The van der Waals surface area contributed by atoms with Crippen molar-refractivity contribution in [3.63, 3.8) is 0 Å². The zero-order valence-electron chi connectivity index (χ0n) is 15.5. The molecule has 1 N–H and O–H groups in total. The number of methoxy groups -OCH3 is 1. The van der Waals surface area contributed by atoms with Gasteiger partial charge in [0.05, 0.1) is 13.7 Å². The fourth-order valence-electron chi connectivity index (χ4n) is 3.24. The lowest BCUT2D eigenvalue weighted by molar-refractivity contribution is -0.140. The van der Waals surface area contributed by atoms with Gasteiger partial charge in [-0.15, -0.1) is 11.8 Å². The summed E-state index contributed by atoms with van der Waals surface area (Å²) in [5.74, 6) is 0.981. The summed E-state index contributed by atoms with van der Waals surface area (Å²) < 4.78 is 5.14. The van der Waals surface area contributed by atoms with Crippen molar-refractivity contribution in [1.82, 2.24) is 9.80 Å². The molecule has 0 atom stereocenters. The third kappa shape index (κ3) is 6.21. The Morgan fingerprint density at radius 1 is 1.27 bits per heavy atom. The maximum absolute atomic E-state index is 12.4. The molecule has 0 saturated carbocycles. The Balaban J connectivity index is 1.71. The first kappa shape index (κ1) is 20.6. The molecule has 7 heteroatoms. The Kier molecular flexibility index (Phi) is 8.25. The molecular formula is C19H28N2O4S. The molecule has 1 aliphatic heterocycles. The highest BCUT2D eigenvalue weighted by Crippen LogP contribution is 2.23. The first-order valence-corrected chi connectivity index (χ1v) is 10.0. The third-order valence-electron chi connectivity index (χ3n) is 4.72. The van der Waals surface area contributed by atoms with Gasteiger partial charge in [0.15, 0.2) is 0 Å². The van der Waals surface area contributed by atoms with E-state index in [1.807, 2.05) is 41.0 Å². The maximum atomic E-state index is 12.4. The van der Waals surface area contributed by atoms with E-state index in [1.165, 1.54) is 0 Å². The molecule has 1 aromatic rings. The smallest absolute Gasteiger partial charge is 0.317 e. The van der Waals surface area contributed by atoms with Crippen LogP contribution < -0.4 is 4.74 Å². The number of likely N-dealkylation sites (tertiary alicyclic amines) is 1. The van der Waals surface area contributed by atoms with Gasteiger partial charge in [0.25, 0.3) is 0 Å². The largest absolute Gasteiger partial charge is 0.497 e. The molecule has 26 heavy (non-hydrogen) atoms. The number of carboxylic acids is 1. The number of amides is 1. The average molecular weight is 381 g/mol. The number of carbonyl (C=O) groups is 2. The van der Waals surface area contributed by atoms with Gasteiger partial charge < -0.3 is 14.7 Å². The summed E-state index contributed by atoms with van der Waals surface area (Å²) in [4.78, 5) is 28.4. The zero-order chi connectivity index (χ0) is 18.9. The van der Waals surface area contributed by atoms with E-state index in [0.717, 1.165) is 35.8 Å². The Labute approximate surface area is 159 Å². The van der Waals surface area contributed by atoms with Crippen molar-refractivity contribution in [2.75, 3.05) is 39.0 Å². The molecule has 1 aromatic carbocycles. The molecule has 1 amide bonds. The quantitative estimate of drug-likeness (QED) is 0.664. The Hall–Kier alpha value is -1.73. The van der Waals surface area contributed by atoms with Crippen LogP contribution in [0.15, 0.2) is 29.2 Å². The van der Waals surface area contributed by atoms with E-state index >= 15 is 0 Å². The lowest BCUT2D eigenvalue weighted by Crippen LogP contribution is -2.48. The molecule has 0 radical (unpaired) electrons. The number of carbonyl (C=O) groups excluding carboxylic acids is 1. The number of hydrogen-bond acceptors (Lipinski definition) is 5. The number of ether oxygens (including phenoxy) is 1. The third-order valence-corrected chi connectivity index (χ3v) is 5.74. The summed E-state index contributed by atoms with van der Waals surface area (Å²) in [6, 6.07) is 8.10. The number of nitrogens with zero attached hydrogens (tertiary/aromatic N) is 2. The van der Waals surface area contributed by atoms with Crippen LogP contribution in [-0.2, 0) is 9.59 Å². The van der Waals surface area contributed by atoms with Gasteiger partial charge in [0.1, 0.15) is 5.75 Å². The summed E-state index contributed by atoms with van der Waals surface area (Å²) >= 11 is 1.67. The van der Waals surface area contributed by atoms with E-state index < -0.39 is 5.97 Å². The van der Waals surface area contributed by atoms with Gasteiger partial charge in [-0.05, 0) is 43.7 Å². The number of carboxylic acid groups (broad SMARTS) is 1. The molecule has 1 fully saturated rings. The summed E-state index contributed by atoms with van der Waals surface area (Å²) in [6.07, 6.45) is 2.21. The maximum Gasteiger partial charge on any atom is 0.317 e. The second-order valence-electron chi connectivity index (χ2n) is 6.34. The molecular weight excluding hydrogens is 352 g/mol. The van der Waals surface area contributed by atoms with Gasteiger partial charge in [-0.25, -0.2) is 0 Å². The Bertz CT molecular complexity index is 586. The number of aliphatic carboxylic acids is 1. The number of likely N-dealkylation sites (N-methyl/N-ethyl adjacent to an activating group) is 1. The van der Waals surface area contributed by atoms with Crippen molar-refractivity contribution in [3.8, 4) is 5.75 Å².